The number of nitro groups is 1. The van der Waals surface area contributed by atoms with Gasteiger partial charge in [-0.1, -0.05) is 6.07 Å². The SMILES string of the molecule is CCOC(=O)CC1CC(C(C)=O)(C(=O)O)C(c2cccs2)C1[N+](=O)[O-]. The molecule has 0 bridgehead atoms. The maximum absolute atomic E-state index is 12.3. The Morgan fingerprint density at radius 3 is 2.60 bits per heavy atom. The van der Waals surface area contributed by atoms with Crippen molar-refractivity contribution in [2.45, 2.75) is 38.6 Å². The molecule has 0 spiro atoms. The van der Waals surface area contributed by atoms with Crippen LogP contribution in [0.5, 0.6) is 0 Å². The van der Waals surface area contributed by atoms with Crippen LogP contribution in [0.1, 0.15) is 37.5 Å². The molecule has 1 fully saturated rings. The normalized spacial score (nSPS) is 28.5. The molecular weight excluding hydrogens is 350 g/mol. The number of ketones is 1. The summed E-state index contributed by atoms with van der Waals surface area (Å²) in [5.41, 5.74) is -1.92. The van der Waals surface area contributed by atoms with Crippen molar-refractivity contribution in [2.24, 2.45) is 11.3 Å². The summed E-state index contributed by atoms with van der Waals surface area (Å²) in [6.07, 6.45) is -0.547. The van der Waals surface area contributed by atoms with E-state index in [4.69, 9.17) is 4.74 Å². The summed E-state index contributed by atoms with van der Waals surface area (Å²) >= 11 is 1.17. The molecule has 1 aromatic heterocycles. The van der Waals surface area contributed by atoms with Crippen LogP contribution in [0.15, 0.2) is 17.5 Å². The van der Waals surface area contributed by atoms with Crippen LogP contribution in [0, 0.1) is 21.4 Å². The van der Waals surface area contributed by atoms with Crippen LogP contribution < -0.4 is 0 Å². The van der Waals surface area contributed by atoms with Gasteiger partial charge < -0.3 is 9.84 Å². The lowest BCUT2D eigenvalue weighted by Crippen LogP contribution is -2.43. The van der Waals surface area contributed by atoms with Crippen molar-refractivity contribution in [3.8, 4) is 0 Å². The van der Waals surface area contributed by atoms with E-state index in [0.29, 0.717) is 4.88 Å². The van der Waals surface area contributed by atoms with Crippen LogP contribution in [0.4, 0.5) is 0 Å². The second-order valence-electron chi connectivity index (χ2n) is 6.08. The molecular formula is C16H19NO7S. The Morgan fingerprint density at radius 2 is 2.16 bits per heavy atom. The first-order chi connectivity index (χ1) is 11.8. The van der Waals surface area contributed by atoms with Gasteiger partial charge in [0.2, 0.25) is 6.04 Å². The van der Waals surface area contributed by atoms with E-state index >= 15 is 0 Å². The highest BCUT2D eigenvalue weighted by Gasteiger charge is 2.66. The number of aliphatic carboxylic acids is 1. The lowest BCUT2D eigenvalue weighted by atomic mass is 9.73. The van der Waals surface area contributed by atoms with Crippen molar-refractivity contribution in [3.05, 3.63) is 32.5 Å². The summed E-state index contributed by atoms with van der Waals surface area (Å²) in [7, 11) is 0. The summed E-state index contributed by atoms with van der Waals surface area (Å²) in [6.45, 7) is 2.88. The van der Waals surface area contributed by atoms with Crippen molar-refractivity contribution in [2.75, 3.05) is 6.61 Å². The second-order valence-corrected chi connectivity index (χ2v) is 7.05. The maximum atomic E-state index is 12.3. The van der Waals surface area contributed by atoms with Crippen molar-refractivity contribution >= 4 is 29.1 Å². The fraction of sp³-hybridized carbons (Fsp3) is 0.562. The van der Waals surface area contributed by atoms with E-state index in [2.05, 4.69) is 0 Å². The lowest BCUT2D eigenvalue weighted by molar-refractivity contribution is -0.532. The number of hydrogen-bond acceptors (Lipinski definition) is 7. The first kappa shape index (κ1) is 19.0. The monoisotopic (exact) mass is 369 g/mol. The Hall–Kier alpha value is -2.29. The van der Waals surface area contributed by atoms with Gasteiger partial charge >= 0.3 is 11.9 Å². The van der Waals surface area contributed by atoms with Gasteiger partial charge in [0.1, 0.15) is 11.2 Å². The van der Waals surface area contributed by atoms with Crippen LogP contribution in [0.3, 0.4) is 0 Å². The van der Waals surface area contributed by atoms with Gasteiger partial charge in [0.15, 0.2) is 0 Å². The second kappa shape index (κ2) is 7.30. The van der Waals surface area contributed by atoms with Crippen LogP contribution in [0.25, 0.3) is 0 Å². The molecule has 1 saturated carbocycles. The van der Waals surface area contributed by atoms with Gasteiger partial charge in [-0.05, 0) is 31.7 Å². The summed E-state index contributed by atoms with van der Waals surface area (Å²) in [6, 6.07) is 1.91. The highest BCUT2D eigenvalue weighted by atomic mass is 32.1. The first-order valence-electron chi connectivity index (χ1n) is 7.82. The summed E-state index contributed by atoms with van der Waals surface area (Å²) in [5.74, 6) is -4.67. The average molecular weight is 369 g/mol. The van der Waals surface area contributed by atoms with Crippen molar-refractivity contribution in [3.63, 3.8) is 0 Å². The number of rotatable bonds is 7. The maximum Gasteiger partial charge on any atom is 0.318 e. The highest BCUT2D eigenvalue weighted by molar-refractivity contribution is 7.10. The van der Waals surface area contributed by atoms with Crippen LogP contribution in [0.2, 0.25) is 0 Å². The van der Waals surface area contributed by atoms with E-state index in [0.717, 1.165) is 6.92 Å². The Balaban J connectivity index is 2.55. The molecule has 1 aliphatic rings. The van der Waals surface area contributed by atoms with Gasteiger partial charge in [-0.25, -0.2) is 0 Å². The fourth-order valence-corrected chi connectivity index (χ4v) is 4.72. The van der Waals surface area contributed by atoms with E-state index in [1.165, 1.54) is 11.3 Å². The standard InChI is InChI=1S/C16H19NO7S/c1-3-24-12(19)7-10-8-16(9(2)18,15(20)21)13(14(10)17(22)23)11-5-4-6-25-11/h4-6,10,13-14H,3,7-8H2,1-2H3,(H,20,21). The van der Waals surface area contributed by atoms with Crippen molar-refractivity contribution in [1.82, 2.24) is 0 Å². The molecule has 0 aliphatic heterocycles. The zero-order chi connectivity index (χ0) is 18.8. The van der Waals surface area contributed by atoms with Gasteiger partial charge in [0.25, 0.3) is 0 Å². The zero-order valence-electron chi connectivity index (χ0n) is 13.8. The van der Waals surface area contributed by atoms with Gasteiger partial charge in [-0.15, -0.1) is 11.3 Å². The topological polar surface area (TPSA) is 124 Å². The molecule has 0 amide bonds. The van der Waals surface area contributed by atoms with Crippen LogP contribution >= 0.6 is 11.3 Å². The van der Waals surface area contributed by atoms with E-state index in [1.807, 2.05) is 0 Å². The molecule has 2 rings (SSSR count). The van der Waals surface area contributed by atoms with E-state index in [1.54, 1.807) is 24.4 Å². The Morgan fingerprint density at radius 1 is 1.48 bits per heavy atom. The molecule has 4 unspecified atom stereocenters. The number of carbonyl (C=O) groups is 3. The molecule has 4 atom stereocenters. The van der Waals surface area contributed by atoms with Gasteiger partial charge in [0, 0.05) is 15.7 Å². The third kappa shape index (κ3) is 3.28. The number of thiophene rings is 1. The molecule has 25 heavy (non-hydrogen) atoms. The van der Waals surface area contributed by atoms with Crippen molar-refractivity contribution < 1.29 is 29.2 Å². The summed E-state index contributed by atoms with van der Waals surface area (Å²) < 4.78 is 4.86. The molecule has 1 N–H and O–H groups in total. The zero-order valence-corrected chi connectivity index (χ0v) is 14.7. The predicted octanol–water partition coefficient (Wildman–Crippen LogP) is 2.11. The molecule has 0 radical (unpaired) electrons. The Bertz CT molecular complexity index is 671. The predicted molar refractivity (Wildman–Crippen MR) is 87.9 cm³/mol. The molecule has 136 valence electrons. The Labute approximate surface area is 147 Å². The van der Waals surface area contributed by atoms with Crippen molar-refractivity contribution in [1.29, 1.82) is 0 Å². The van der Waals surface area contributed by atoms with E-state index < -0.39 is 45.9 Å². The van der Waals surface area contributed by atoms with E-state index in [9.17, 15) is 29.6 Å². The molecule has 1 heterocycles. The molecule has 1 aromatic rings. The molecule has 0 aromatic carbocycles. The fourth-order valence-electron chi connectivity index (χ4n) is 3.76. The lowest BCUT2D eigenvalue weighted by Gasteiger charge is -2.27. The number of hydrogen-bond donors (Lipinski definition) is 1. The van der Waals surface area contributed by atoms with Crippen LogP contribution in [-0.2, 0) is 19.1 Å². The van der Waals surface area contributed by atoms with Gasteiger partial charge in [-0.3, -0.25) is 24.5 Å². The molecule has 8 nitrogen and oxygen atoms in total. The molecule has 9 heteroatoms. The number of ether oxygens (including phenoxy) is 1. The number of carboxylic acids is 1. The molecule has 1 aliphatic carbocycles. The number of nitrogens with zero attached hydrogens (tertiary/aromatic N) is 1. The largest absolute Gasteiger partial charge is 0.480 e. The minimum Gasteiger partial charge on any atom is -0.480 e. The number of Topliss-reactive ketones (excluding diaryl/α,β-unsaturated/α-hetero) is 1. The van der Waals surface area contributed by atoms with Gasteiger partial charge in [-0.2, -0.15) is 0 Å². The Kier molecular flexibility index (Phi) is 5.56. The number of carboxylic acid groups (broad SMARTS) is 1. The minimum atomic E-state index is -1.92. The van der Waals surface area contributed by atoms with Gasteiger partial charge in [0.05, 0.1) is 18.9 Å². The van der Waals surface area contributed by atoms with Crippen LogP contribution in [-0.4, -0.2) is 40.4 Å². The number of carbonyl (C=O) groups excluding carboxylic acids is 2. The first-order valence-corrected chi connectivity index (χ1v) is 8.70. The minimum absolute atomic E-state index is 0.125. The molecule has 0 saturated heterocycles. The highest BCUT2D eigenvalue weighted by Crippen LogP contribution is 2.55. The average Bonchev–Trinajstić information content (AvgIpc) is 3.12. The third-order valence-electron chi connectivity index (χ3n) is 4.78. The smallest absolute Gasteiger partial charge is 0.318 e. The van der Waals surface area contributed by atoms with E-state index in [-0.39, 0.29) is 19.4 Å². The number of esters is 1. The quantitative estimate of drug-likeness (QED) is 0.338. The summed E-state index contributed by atoms with van der Waals surface area (Å²) in [4.78, 5) is 47.8. The summed E-state index contributed by atoms with van der Waals surface area (Å²) in [5, 5.41) is 23.2. The third-order valence-corrected chi connectivity index (χ3v) is 5.73.